The zero-order valence-corrected chi connectivity index (χ0v) is 12.8. The van der Waals surface area contributed by atoms with Gasteiger partial charge in [-0.3, -0.25) is 9.46 Å². The van der Waals surface area contributed by atoms with Crippen LogP contribution in [0.5, 0.6) is 0 Å². The van der Waals surface area contributed by atoms with E-state index in [2.05, 4.69) is 36.5 Å². The van der Waals surface area contributed by atoms with Crippen LogP contribution in [0.1, 0.15) is 0 Å². The van der Waals surface area contributed by atoms with E-state index in [1.54, 1.807) is 6.66 Å². The molecule has 1 atom stereocenters. The molecule has 5 nitrogen and oxygen atoms in total. The molecule has 1 aliphatic heterocycles. The number of piperazine rings is 1. The van der Waals surface area contributed by atoms with Crippen molar-refractivity contribution in [3.05, 3.63) is 0 Å². The number of hydrogen-bond donors (Lipinski definition) is 1. The van der Waals surface area contributed by atoms with E-state index < -0.39 is 7.52 Å². The number of hydrogen-bond acceptors (Lipinski definition) is 5. The summed E-state index contributed by atoms with van der Waals surface area (Å²) >= 11 is 3.97. The van der Waals surface area contributed by atoms with Crippen molar-refractivity contribution in [2.75, 3.05) is 66.0 Å². The molecule has 0 aromatic carbocycles. The molecule has 0 aliphatic carbocycles. The van der Waals surface area contributed by atoms with Gasteiger partial charge < -0.3 is 9.42 Å². The minimum Gasteiger partial charge on any atom is -0.308 e. The summed E-state index contributed by atoms with van der Waals surface area (Å²) in [7, 11) is 1.55. The fraction of sp³-hybridized carbons (Fsp3) is 1.00. The molecule has 0 N–H and O–H groups in total. The average molecular weight is 281 g/mol. The quantitative estimate of drug-likeness (QED) is 0.444. The van der Waals surface area contributed by atoms with Crippen LogP contribution >= 0.6 is 20.1 Å². The van der Waals surface area contributed by atoms with Gasteiger partial charge in [0.15, 0.2) is 0 Å². The minimum atomic E-state index is -2.61. The molecular weight excluding hydrogens is 257 g/mol. The predicted octanol–water partition coefficient (Wildman–Crippen LogP) is 0.892. The Kier molecular flexibility index (Phi) is 6.48. The average Bonchev–Trinajstić information content (AvgIpc) is 2.27. The molecule has 102 valence electrons. The molecule has 1 aliphatic rings. The Labute approximate surface area is 110 Å². The molecule has 1 unspecified atom stereocenters. The van der Waals surface area contributed by atoms with Crippen LogP contribution in [0, 0.1) is 0 Å². The van der Waals surface area contributed by atoms with Gasteiger partial charge in [-0.25, -0.2) is 4.67 Å². The molecule has 1 heterocycles. The second kappa shape index (κ2) is 7.12. The van der Waals surface area contributed by atoms with Crippen LogP contribution in [0.15, 0.2) is 0 Å². The molecule has 1 fully saturated rings. The Morgan fingerprint density at radius 2 is 1.88 bits per heavy atom. The lowest BCUT2D eigenvalue weighted by atomic mass is 10.3. The lowest BCUT2D eigenvalue weighted by Crippen LogP contribution is -2.46. The molecule has 7 heteroatoms. The first-order valence-corrected chi connectivity index (χ1v) is 8.57. The van der Waals surface area contributed by atoms with Crippen molar-refractivity contribution in [1.29, 1.82) is 0 Å². The summed E-state index contributed by atoms with van der Waals surface area (Å²) in [5, 5.41) is 0. The van der Waals surface area contributed by atoms with Crippen LogP contribution in [0.3, 0.4) is 0 Å². The summed E-state index contributed by atoms with van der Waals surface area (Å²) in [5.74, 6) is 0.217. The molecule has 0 aromatic rings. The maximum Gasteiger partial charge on any atom is 0.270 e. The summed E-state index contributed by atoms with van der Waals surface area (Å²) in [4.78, 5) is 4.58. The van der Waals surface area contributed by atoms with E-state index in [1.807, 2.05) is 4.67 Å². The summed E-state index contributed by atoms with van der Waals surface area (Å²) in [6.07, 6.45) is 0. The predicted molar refractivity (Wildman–Crippen MR) is 75.0 cm³/mol. The highest BCUT2D eigenvalue weighted by Gasteiger charge is 2.29. The number of nitrogens with zero attached hydrogens (tertiary/aromatic N) is 3. The van der Waals surface area contributed by atoms with Gasteiger partial charge in [0.05, 0.1) is 5.94 Å². The van der Waals surface area contributed by atoms with E-state index in [0.717, 1.165) is 39.3 Å². The largest absolute Gasteiger partial charge is 0.308 e. The normalized spacial score (nSPS) is 22.9. The monoisotopic (exact) mass is 281 g/mol. The lowest BCUT2D eigenvalue weighted by Gasteiger charge is -2.37. The molecule has 1 rings (SSSR count). The Bertz CT molecular complexity index is 270. The van der Waals surface area contributed by atoms with Crippen molar-refractivity contribution in [1.82, 2.24) is 14.5 Å². The number of rotatable bonds is 6. The zero-order chi connectivity index (χ0) is 12.9. The standard InChI is InChI=1S/C10H24N3O2PS/c1-11(2)4-5-12-6-8-13(9-7-12)16(3,14)15-10-17/h17H,4-10H2,1-3H3. The van der Waals surface area contributed by atoms with E-state index in [0.29, 0.717) is 0 Å². The summed E-state index contributed by atoms with van der Waals surface area (Å²) in [5.41, 5.74) is 0. The van der Waals surface area contributed by atoms with Crippen molar-refractivity contribution in [3.63, 3.8) is 0 Å². The Morgan fingerprint density at radius 1 is 1.29 bits per heavy atom. The first-order chi connectivity index (χ1) is 7.95. The molecule has 0 radical (unpaired) electrons. The molecule has 0 amide bonds. The minimum absolute atomic E-state index is 0.217. The molecule has 1 saturated heterocycles. The highest BCUT2D eigenvalue weighted by atomic mass is 32.1. The van der Waals surface area contributed by atoms with Crippen LogP contribution in [0.25, 0.3) is 0 Å². The second-order valence-corrected chi connectivity index (χ2v) is 7.35. The molecular formula is C10H24N3O2PS. The maximum atomic E-state index is 12.2. The van der Waals surface area contributed by atoms with Crippen molar-refractivity contribution in [2.45, 2.75) is 0 Å². The van der Waals surface area contributed by atoms with Gasteiger partial charge in [-0.15, -0.1) is 0 Å². The topological polar surface area (TPSA) is 36.0 Å². The SMILES string of the molecule is CN(C)CCN1CCN(P(C)(=O)OCS)CC1. The highest BCUT2D eigenvalue weighted by Crippen LogP contribution is 2.47. The third-order valence-corrected chi connectivity index (χ3v) is 5.39. The van der Waals surface area contributed by atoms with Crippen molar-refractivity contribution >= 4 is 20.1 Å². The third kappa shape index (κ3) is 5.28. The van der Waals surface area contributed by atoms with E-state index in [1.165, 1.54) is 0 Å². The number of thiol groups is 1. The molecule has 0 spiro atoms. The van der Waals surface area contributed by atoms with Crippen molar-refractivity contribution in [3.8, 4) is 0 Å². The van der Waals surface area contributed by atoms with Crippen molar-refractivity contribution < 1.29 is 9.09 Å². The van der Waals surface area contributed by atoms with E-state index in [4.69, 9.17) is 4.52 Å². The van der Waals surface area contributed by atoms with Crippen LogP contribution in [-0.2, 0) is 9.09 Å². The van der Waals surface area contributed by atoms with Gasteiger partial charge in [-0.1, -0.05) is 0 Å². The Morgan fingerprint density at radius 3 is 2.35 bits per heavy atom. The van der Waals surface area contributed by atoms with Gasteiger partial charge in [0.1, 0.15) is 0 Å². The summed E-state index contributed by atoms with van der Waals surface area (Å²) in [6, 6.07) is 0. The van der Waals surface area contributed by atoms with Gasteiger partial charge in [0.2, 0.25) is 0 Å². The molecule has 0 bridgehead atoms. The zero-order valence-electron chi connectivity index (χ0n) is 11.0. The summed E-state index contributed by atoms with van der Waals surface area (Å²) in [6.45, 7) is 7.37. The van der Waals surface area contributed by atoms with Crippen LogP contribution in [-0.4, -0.2) is 80.4 Å². The summed E-state index contributed by atoms with van der Waals surface area (Å²) < 4.78 is 19.3. The Balaban J connectivity index is 2.32. The third-order valence-electron chi connectivity index (χ3n) is 3.02. The smallest absolute Gasteiger partial charge is 0.270 e. The maximum absolute atomic E-state index is 12.2. The Hall–Kier alpha value is 0.420. The lowest BCUT2D eigenvalue weighted by molar-refractivity contribution is 0.162. The van der Waals surface area contributed by atoms with Crippen molar-refractivity contribution in [2.24, 2.45) is 0 Å². The molecule has 17 heavy (non-hydrogen) atoms. The van der Waals surface area contributed by atoms with E-state index in [9.17, 15) is 4.57 Å². The van der Waals surface area contributed by atoms with E-state index >= 15 is 0 Å². The van der Waals surface area contributed by atoms with Gasteiger partial charge in [0.25, 0.3) is 7.52 Å². The number of likely N-dealkylation sites (N-methyl/N-ethyl adjacent to an activating group) is 1. The fourth-order valence-electron chi connectivity index (χ4n) is 1.85. The molecule has 0 saturated carbocycles. The van der Waals surface area contributed by atoms with Gasteiger partial charge >= 0.3 is 0 Å². The van der Waals surface area contributed by atoms with Crippen LogP contribution in [0.4, 0.5) is 0 Å². The van der Waals surface area contributed by atoms with Crippen LogP contribution < -0.4 is 0 Å². The van der Waals surface area contributed by atoms with E-state index in [-0.39, 0.29) is 5.94 Å². The van der Waals surface area contributed by atoms with Gasteiger partial charge in [-0.2, -0.15) is 12.6 Å². The first kappa shape index (κ1) is 15.5. The second-order valence-electron chi connectivity index (χ2n) is 4.66. The van der Waals surface area contributed by atoms with Gasteiger partial charge in [0, 0.05) is 45.9 Å². The van der Waals surface area contributed by atoms with Crippen LogP contribution in [0.2, 0.25) is 0 Å². The molecule has 0 aromatic heterocycles. The fourth-order valence-corrected chi connectivity index (χ4v) is 3.78. The van der Waals surface area contributed by atoms with Gasteiger partial charge in [-0.05, 0) is 14.1 Å². The highest BCUT2D eigenvalue weighted by molar-refractivity contribution is 7.80. The first-order valence-electron chi connectivity index (χ1n) is 5.91.